The summed E-state index contributed by atoms with van der Waals surface area (Å²) in [5.41, 5.74) is 5.15. The fourth-order valence-electron chi connectivity index (χ4n) is 0.556. The van der Waals surface area contributed by atoms with E-state index in [2.05, 4.69) is 16.8 Å². The maximum atomic E-state index is 10.8. The summed E-state index contributed by atoms with van der Waals surface area (Å²) in [6.45, 7) is 1.52. The van der Waals surface area contributed by atoms with E-state index in [9.17, 15) is 9.59 Å². The highest BCUT2D eigenvalue weighted by molar-refractivity contribution is 5.75. The van der Waals surface area contributed by atoms with E-state index in [0.717, 1.165) is 0 Å². The maximum Gasteiger partial charge on any atom is 0.320 e. The van der Waals surface area contributed by atoms with E-state index in [1.165, 1.54) is 6.92 Å². The highest BCUT2D eigenvalue weighted by Crippen LogP contribution is 1.96. The Kier molecular flexibility index (Phi) is 5.32. The number of aliphatic carboxylic acids is 1. The molecule has 72 valence electrons. The van der Waals surface area contributed by atoms with E-state index in [-0.39, 0.29) is 12.8 Å². The van der Waals surface area contributed by atoms with Crippen molar-refractivity contribution in [1.82, 2.24) is 0 Å². The van der Waals surface area contributed by atoms with E-state index in [1.807, 2.05) is 0 Å². The highest BCUT2D eigenvalue weighted by Gasteiger charge is 2.13. The Labute approximate surface area is 75.9 Å². The number of rotatable bonds is 4. The lowest BCUT2D eigenvalue weighted by Crippen LogP contribution is -2.30. The van der Waals surface area contributed by atoms with Crippen LogP contribution in [0.3, 0.4) is 0 Å². The van der Waals surface area contributed by atoms with E-state index >= 15 is 0 Å². The lowest BCUT2D eigenvalue weighted by Gasteiger charge is -2.02. The number of esters is 1. The normalized spacial score (nSPS) is 10.9. The molecule has 0 aliphatic heterocycles. The van der Waals surface area contributed by atoms with Crippen molar-refractivity contribution in [2.75, 3.05) is 0 Å². The van der Waals surface area contributed by atoms with Crippen LogP contribution >= 0.6 is 0 Å². The average molecular weight is 185 g/mol. The Hall–Kier alpha value is -1.54. The standard InChI is InChI=1S/C8H11NO4/c1-2-5-13-7(10)4-3-6(9)8(11)12/h6H,3-4,9H2,1H3,(H,11,12)/t6-/m0/s1. The molecular formula is C8H11NO4. The molecule has 0 aromatic rings. The van der Waals surface area contributed by atoms with Gasteiger partial charge in [0.15, 0.2) is 0 Å². The zero-order valence-corrected chi connectivity index (χ0v) is 7.24. The van der Waals surface area contributed by atoms with Crippen molar-refractivity contribution in [3.63, 3.8) is 0 Å². The second-order valence-electron chi connectivity index (χ2n) is 2.31. The molecule has 13 heavy (non-hydrogen) atoms. The number of carboxylic acids is 1. The highest BCUT2D eigenvalue weighted by atomic mass is 16.5. The molecule has 0 heterocycles. The van der Waals surface area contributed by atoms with Crippen molar-refractivity contribution in [2.24, 2.45) is 5.73 Å². The fourth-order valence-corrected chi connectivity index (χ4v) is 0.556. The molecule has 0 aliphatic carbocycles. The quantitative estimate of drug-likeness (QED) is 0.463. The predicted octanol–water partition coefficient (Wildman–Crippen LogP) is -0.297. The Morgan fingerprint density at radius 2 is 2.23 bits per heavy atom. The van der Waals surface area contributed by atoms with Gasteiger partial charge in [-0.15, -0.1) is 0 Å². The van der Waals surface area contributed by atoms with Crippen LogP contribution in [0.4, 0.5) is 0 Å². The Morgan fingerprint density at radius 1 is 1.62 bits per heavy atom. The zero-order valence-electron chi connectivity index (χ0n) is 7.24. The molecule has 0 saturated heterocycles. The molecule has 5 nitrogen and oxygen atoms in total. The molecule has 0 aromatic carbocycles. The maximum absolute atomic E-state index is 10.8. The molecular weight excluding hydrogens is 174 g/mol. The summed E-state index contributed by atoms with van der Waals surface area (Å²) in [7, 11) is 0. The second-order valence-corrected chi connectivity index (χ2v) is 2.31. The molecule has 3 N–H and O–H groups in total. The molecule has 0 fully saturated rings. The summed E-state index contributed by atoms with van der Waals surface area (Å²) >= 11 is 0. The number of carboxylic acid groups (broad SMARTS) is 1. The monoisotopic (exact) mass is 185 g/mol. The van der Waals surface area contributed by atoms with Crippen LogP contribution in [0, 0.1) is 12.0 Å². The van der Waals surface area contributed by atoms with Gasteiger partial charge in [0.2, 0.25) is 0 Å². The smallest absolute Gasteiger partial charge is 0.320 e. The first kappa shape index (κ1) is 11.5. The van der Waals surface area contributed by atoms with Gasteiger partial charge in [0.25, 0.3) is 0 Å². The summed E-state index contributed by atoms with van der Waals surface area (Å²) < 4.78 is 4.37. The minimum absolute atomic E-state index is 0.0395. The molecule has 0 rings (SSSR count). The van der Waals surface area contributed by atoms with Crippen LogP contribution in [0.1, 0.15) is 19.8 Å². The minimum atomic E-state index is -1.13. The number of carbonyl (C=O) groups excluding carboxylic acids is 1. The number of hydrogen-bond donors (Lipinski definition) is 2. The number of ether oxygens (including phenoxy) is 1. The first-order chi connectivity index (χ1) is 6.07. The molecule has 0 saturated carbocycles. The molecule has 0 aliphatic rings. The summed E-state index contributed by atoms with van der Waals surface area (Å²) in [5, 5.41) is 8.37. The Morgan fingerprint density at radius 3 is 2.69 bits per heavy atom. The molecule has 5 heteroatoms. The van der Waals surface area contributed by atoms with Gasteiger partial charge in [-0.25, -0.2) is 0 Å². The molecule has 0 spiro atoms. The van der Waals surface area contributed by atoms with E-state index < -0.39 is 18.0 Å². The van der Waals surface area contributed by atoms with Gasteiger partial charge in [-0.3, -0.25) is 9.59 Å². The van der Waals surface area contributed by atoms with E-state index in [4.69, 9.17) is 10.8 Å². The Balaban J connectivity index is 3.68. The Bertz CT molecular complexity index is 251. The molecule has 0 radical (unpaired) electrons. The van der Waals surface area contributed by atoms with Crippen LogP contribution in [-0.2, 0) is 14.3 Å². The SMILES string of the molecule is CC#COC(=O)CC[C@H](N)C(=O)O. The van der Waals surface area contributed by atoms with Gasteiger partial charge >= 0.3 is 11.9 Å². The van der Waals surface area contributed by atoms with Gasteiger partial charge in [0.1, 0.15) is 12.1 Å². The van der Waals surface area contributed by atoms with Gasteiger partial charge in [0, 0.05) is 13.3 Å². The van der Waals surface area contributed by atoms with Crippen molar-refractivity contribution >= 4 is 11.9 Å². The molecule has 0 aromatic heterocycles. The van der Waals surface area contributed by atoms with Crippen molar-refractivity contribution in [1.29, 1.82) is 0 Å². The van der Waals surface area contributed by atoms with Gasteiger partial charge < -0.3 is 15.6 Å². The number of nitrogens with two attached hydrogens (primary N) is 1. The molecule has 0 amide bonds. The van der Waals surface area contributed by atoms with Crippen molar-refractivity contribution < 1.29 is 19.4 Å². The first-order valence-electron chi connectivity index (χ1n) is 3.67. The largest absolute Gasteiger partial charge is 0.480 e. The van der Waals surface area contributed by atoms with Crippen LogP contribution in [0.2, 0.25) is 0 Å². The fraction of sp³-hybridized carbons (Fsp3) is 0.500. The van der Waals surface area contributed by atoms with Crippen molar-refractivity contribution in [3.8, 4) is 12.0 Å². The third-order valence-electron chi connectivity index (χ3n) is 1.24. The van der Waals surface area contributed by atoms with Gasteiger partial charge in [-0.05, 0) is 6.42 Å². The summed E-state index contributed by atoms with van der Waals surface area (Å²) in [6, 6.07) is -1.03. The third kappa shape index (κ3) is 5.70. The molecule has 1 atom stereocenters. The van der Waals surface area contributed by atoms with E-state index in [0.29, 0.717) is 0 Å². The van der Waals surface area contributed by atoms with E-state index in [1.54, 1.807) is 0 Å². The van der Waals surface area contributed by atoms with Crippen LogP contribution in [0.25, 0.3) is 0 Å². The average Bonchev–Trinajstić information content (AvgIpc) is 2.10. The summed E-state index contributed by atoms with van der Waals surface area (Å²) in [6.07, 6.45) is 2.13. The van der Waals surface area contributed by atoms with Crippen molar-refractivity contribution in [2.45, 2.75) is 25.8 Å². The number of hydrogen-bond acceptors (Lipinski definition) is 4. The van der Waals surface area contributed by atoms with Crippen LogP contribution in [-0.4, -0.2) is 23.1 Å². The van der Waals surface area contributed by atoms with Crippen LogP contribution in [0.15, 0.2) is 0 Å². The van der Waals surface area contributed by atoms with Gasteiger partial charge in [0.05, 0.1) is 0 Å². The van der Waals surface area contributed by atoms with Crippen LogP contribution < -0.4 is 5.73 Å². The minimum Gasteiger partial charge on any atom is -0.480 e. The lowest BCUT2D eigenvalue weighted by atomic mass is 10.2. The predicted molar refractivity (Wildman–Crippen MR) is 44.4 cm³/mol. The molecule has 0 bridgehead atoms. The van der Waals surface area contributed by atoms with Crippen LogP contribution in [0.5, 0.6) is 0 Å². The van der Waals surface area contributed by atoms with Gasteiger partial charge in [-0.2, -0.15) is 0 Å². The third-order valence-corrected chi connectivity index (χ3v) is 1.24. The second kappa shape index (κ2) is 6.03. The molecule has 0 unspecified atom stereocenters. The van der Waals surface area contributed by atoms with Gasteiger partial charge in [-0.1, -0.05) is 5.92 Å². The topological polar surface area (TPSA) is 89.6 Å². The van der Waals surface area contributed by atoms with Crippen molar-refractivity contribution in [3.05, 3.63) is 0 Å². The lowest BCUT2D eigenvalue weighted by molar-refractivity contribution is -0.139. The summed E-state index contributed by atoms with van der Waals surface area (Å²) in [5.74, 6) is 0.674. The number of carbonyl (C=O) groups is 2. The first-order valence-corrected chi connectivity index (χ1v) is 3.67. The zero-order chi connectivity index (χ0) is 10.3. The summed E-state index contributed by atoms with van der Waals surface area (Å²) in [4.78, 5) is 21.0.